The fourth-order valence-electron chi connectivity index (χ4n) is 4.77. The van der Waals surface area contributed by atoms with Gasteiger partial charge in [0.05, 0.1) is 6.04 Å². The number of fused-ring (bicyclic) bond motifs is 1. The Morgan fingerprint density at radius 3 is 2.54 bits per heavy atom. The molecule has 2 aromatic carbocycles. The first-order valence-electron chi connectivity index (χ1n) is 9.82. The molecule has 0 spiro atoms. The van der Waals surface area contributed by atoms with Crippen molar-refractivity contribution in [1.29, 1.82) is 0 Å². The number of hydrogen-bond donors (Lipinski definition) is 1. The highest BCUT2D eigenvalue weighted by Crippen LogP contribution is 2.44. The molecule has 2 fully saturated rings. The van der Waals surface area contributed by atoms with Crippen LogP contribution in [-0.4, -0.2) is 35.6 Å². The first-order chi connectivity index (χ1) is 13.7. The van der Waals surface area contributed by atoms with E-state index >= 15 is 0 Å². The smallest absolute Gasteiger partial charge is 0.260 e. The summed E-state index contributed by atoms with van der Waals surface area (Å²) < 4.78 is 5.46. The quantitative estimate of drug-likeness (QED) is 0.761. The number of likely N-dealkylation sites (tertiary alicyclic amines) is 1. The summed E-state index contributed by atoms with van der Waals surface area (Å²) in [5.74, 6) is 1.51. The average Bonchev–Trinajstić information content (AvgIpc) is 3.43. The van der Waals surface area contributed by atoms with E-state index < -0.39 is 0 Å². The first-order valence-corrected chi connectivity index (χ1v) is 9.82. The zero-order valence-corrected chi connectivity index (χ0v) is 15.8. The minimum atomic E-state index is 0.0147. The minimum Gasteiger partial charge on any atom is -0.360 e. The molecule has 2 saturated heterocycles. The summed E-state index contributed by atoms with van der Waals surface area (Å²) in [5, 5.41) is 7.71. The monoisotopic (exact) mass is 373 g/mol. The van der Waals surface area contributed by atoms with Crippen molar-refractivity contribution in [2.24, 2.45) is 11.8 Å². The molecule has 5 heteroatoms. The van der Waals surface area contributed by atoms with Gasteiger partial charge in [0, 0.05) is 31.1 Å². The van der Waals surface area contributed by atoms with Gasteiger partial charge in [-0.05, 0) is 18.4 Å². The summed E-state index contributed by atoms with van der Waals surface area (Å²) in [6.07, 6.45) is 0. The zero-order chi connectivity index (χ0) is 19.1. The third-order valence-corrected chi connectivity index (χ3v) is 6.09. The van der Waals surface area contributed by atoms with Crippen molar-refractivity contribution >= 4 is 5.91 Å². The van der Waals surface area contributed by atoms with Crippen LogP contribution in [0.5, 0.6) is 0 Å². The maximum absolute atomic E-state index is 13.7. The van der Waals surface area contributed by atoms with E-state index in [0.717, 1.165) is 25.2 Å². The number of aryl methyl sites for hydroxylation is 1. The molecular weight excluding hydrogens is 350 g/mol. The molecular formula is C23H23N3O2. The lowest BCUT2D eigenvalue weighted by Crippen LogP contribution is -2.35. The van der Waals surface area contributed by atoms with Crippen LogP contribution in [0.25, 0.3) is 11.3 Å². The summed E-state index contributed by atoms with van der Waals surface area (Å²) in [4.78, 5) is 15.8. The van der Waals surface area contributed by atoms with Gasteiger partial charge in [-0.3, -0.25) is 4.79 Å². The van der Waals surface area contributed by atoms with Gasteiger partial charge in [-0.15, -0.1) is 0 Å². The standard InChI is InChI=1S/C23H23N3O2/c1-15-20(21(25-28-15)16-8-4-2-5-9-16)23(27)26-14-18-12-24-13-19(18)22(26)17-10-6-3-7-11-17/h2-11,18-19,22,24H,12-14H2,1H3/t18-,19-,22+/m0/s1. The van der Waals surface area contributed by atoms with E-state index in [9.17, 15) is 4.79 Å². The van der Waals surface area contributed by atoms with Crippen LogP contribution in [0.1, 0.15) is 27.7 Å². The van der Waals surface area contributed by atoms with Crippen molar-refractivity contribution in [2.75, 3.05) is 19.6 Å². The minimum absolute atomic E-state index is 0.0147. The molecule has 1 N–H and O–H groups in total. The number of nitrogens with zero attached hydrogens (tertiary/aromatic N) is 2. The highest BCUT2D eigenvalue weighted by molar-refractivity contribution is 6.01. The van der Waals surface area contributed by atoms with E-state index in [1.165, 1.54) is 5.56 Å². The van der Waals surface area contributed by atoms with E-state index in [1.807, 2.05) is 60.4 Å². The van der Waals surface area contributed by atoms with Crippen molar-refractivity contribution in [3.8, 4) is 11.3 Å². The van der Waals surface area contributed by atoms with E-state index in [4.69, 9.17) is 4.52 Å². The molecule has 2 aliphatic rings. The van der Waals surface area contributed by atoms with Gasteiger partial charge in [0.1, 0.15) is 17.0 Å². The number of carbonyl (C=O) groups excluding carboxylic acids is 1. The summed E-state index contributed by atoms with van der Waals surface area (Å²) >= 11 is 0. The van der Waals surface area contributed by atoms with Gasteiger partial charge in [-0.2, -0.15) is 0 Å². The molecule has 3 heterocycles. The van der Waals surface area contributed by atoms with Crippen LogP contribution >= 0.6 is 0 Å². The molecule has 28 heavy (non-hydrogen) atoms. The number of rotatable bonds is 3. The van der Waals surface area contributed by atoms with Gasteiger partial charge in [0.2, 0.25) is 0 Å². The summed E-state index contributed by atoms with van der Waals surface area (Å²) in [7, 11) is 0. The summed E-state index contributed by atoms with van der Waals surface area (Å²) in [6, 6.07) is 20.2. The zero-order valence-electron chi connectivity index (χ0n) is 15.8. The lowest BCUT2D eigenvalue weighted by molar-refractivity contribution is 0.0713. The fourth-order valence-corrected chi connectivity index (χ4v) is 4.77. The van der Waals surface area contributed by atoms with Gasteiger partial charge in [0.15, 0.2) is 0 Å². The van der Waals surface area contributed by atoms with E-state index in [2.05, 4.69) is 22.6 Å². The molecule has 0 radical (unpaired) electrons. The fraction of sp³-hybridized carbons (Fsp3) is 0.304. The maximum atomic E-state index is 13.7. The highest BCUT2D eigenvalue weighted by Gasteiger charge is 2.47. The molecule has 3 aromatic rings. The maximum Gasteiger partial charge on any atom is 0.260 e. The van der Waals surface area contributed by atoms with Gasteiger partial charge < -0.3 is 14.7 Å². The third-order valence-electron chi connectivity index (χ3n) is 6.09. The molecule has 0 aliphatic carbocycles. The SMILES string of the molecule is Cc1onc(-c2ccccc2)c1C(=O)N1C[C@@H]2CNC[C@@H]2[C@H]1c1ccccc1. The van der Waals surface area contributed by atoms with Crippen molar-refractivity contribution in [2.45, 2.75) is 13.0 Å². The van der Waals surface area contributed by atoms with Crippen LogP contribution in [0.2, 0.25) is 0 Å². The van der Waals surface area contributed by atoms with Crippen LogP contribution in [0.15, 0.2) is 65.2 Å². The second-order valence-corrected chi connectivity index (χ2v) is 7.72. The molecule has 0 bridgehead atoms. The van der Waals surface area contributed by atoms with E-state index in [0.29, 0.717) is 28.9 Å². The third kappa shape index (κ3) is 2.74. The topological polar surface area (TPSA) is 58.4 Å². The highest BCUT2D eigenvalue weighted by atomic mass is 16.5. The number of nitrogens with one attached hydrogen (secondary N) is 1. The molecule has 1 amide bonds. The Hall–Kier alpha value is -2.92. The predicted molar refractivity (Wildman–Crippen MR) is 107 cm³/mol. The van der Waals surface area contributed by atoms with Gasteiger partial charge in [-0.1, -0.05) is 65.8 Å². The van der Waals surface area contributed by atoms with Crippen LogP contribution in [0.4, 0.5) is 0 Å². The Bertz CT molecular complexity index is 984. The lowest BCUT2D eigenvalue weighted by atomic mass is 9.89. The van der Waals surface area contributed by atoms with Gasteiger partial charge >= 0.3 is 0 Å². The number of amides is 1. The Morgan fingerprint density at radius 2 is 1.79 bits per heavy atom. The Balaban J connectivity index is 1.56. The lowest BCUT2D eigenvalue weighted by Gasteiger charge is -2.28. The Labute approximate surface area is 164 Å². The second-order valence-electron chi connectivity index (χ2n) is 7.72. The average molecular weight is 373 g/mol. The number of hydrogen-bond acceptors (Lipinski definition) is 4. The summed E-state index contributed by atoms with van der Waals surface area (Å²) in [6.45, 7) is 4.49. The van der Waals surface area contributed by atoms with E-state index in [1.54, 1.807) is 0 Å². The Morgan fingerprint density at radius 1 is 1.07 bits per heavy atom. The van der Waals surface area contributed by atoms with Crippen molar-refractivity contribution in [3.63, 3.8) is 0 Å². The van der Waals surface area contributed by atoms with Crippen LogP contribution in [-0.2, 0) is 0 Å². The van der Waals surface area contributed by atoms with Gasteiger partial charge in [-0.25, -0.2) is 0 Å². The first kappa shape index (κ1) is 17.2. The van der Waals surface area contributed by atoms with Crippen LogP contribution in [0, 0.1) is 18.8 Å². The van der Waals surface area contributed by atoms with Crippen molar-refractivity contribution in [3.05, 3.63) is 77.6 Å². The van der Waals surface area contributed by atoms with E-state index in [-0.39, 0.29) is 11.9 Å². The molecule has 0 unspecified atom stereocenters. The molecule has 5 nitrogen and oxygen atoms in total. The van der Waals surface area contributed by atoms with Crippen molar-refractivity contribution < 1.29 is 9.32 Å². The molecule has 142 valence electrons. The number of aromatic nitrogens is 1. The Kier molecular flexibility index (Phi) is 4.24. The number of carbonyl (C=O) groups is 1. The van der Waals surface area contributed by atoms with Crippen molar-refractivity contribution in [1.82, 2.24) is 15.4 Å². The predicted octanol–water partition coefficient (Wildman–Crippen LogP) is 3.68. The van der Waals surface area contributed by atoms with Gasteiger partial charge in [0.25, 0.3) is 5.91 Å². The number of benzene rings is 2. The largest absolute Gasteiger partial charge is 0.360 e. The normalized spacial score (nSPS) is 23.8. The molecule has 2 aliphatic heterocycles. The molecule has 1 aromatic heterocycles. The summed E-state index contributed by atoms with van der Waals surface area (Å²) in [5.41, 5.74) is 3.31. The van der Waals surface area contributed by atoms with Crippen LogP contribution < -0.4 is 5.32 Å². The molecule has 0 saturated carbocycles. The molecule has 3 atom stereocenters. The molecule has 5 rings (SSSR count). The van der Waals surface area contributed by atoms with Crippen LogP contribution in [0.3, 0.4) is 0 Å². The second kappa shape index (κ2) is 6.91.